The van der Waals surface area contributed by atoms with Crippen molar-refractivity contribution < 1.29 is 14.6 Å². The number of benzene rings is 2. The van der Waals surface area contributed by atoms with E-state index in [9.17, 15) is 5.11 Å². The van der Waals surface area contributed by atoms with Gasteiger partial charge in [0.1, 0.15) is 5.75 Å². The highest BCUT2D eigenvalue weighted by atomic mass is 16.5. The number of ether oxygens (including phenoxy) is 2. The number of para-hydroxylation sites is 2. The summed E-state index contributed by atoms with van der Waals surface area (Å²) >= 11 is 0. The maximum atomic E-state index is 10.0. The zero-order valence-corrected chi connectivity index (χ0v) is 14.9. The molecule has 1 N–H and O–H groups in total. The summed E-state index contributed by atoms with van der Waals surface area (Å²) < 4.78 is 11.7. The number of unbranched alkanes of at least 4 members (excludes halogenated alkanes) is 2. The maximum Gasteiger partial charge on any atom is 0.168 e. The molecule has 3 nitrogen and oxygen atoms in total. The van der Waals surface area contributed by atoms with Crippen molar-refractivity contribution in [3.8, 4) is 28.4 Å². The molecule has 0 aliphatic carbocycles. The van der Waals surface area contributed by atoms with Gasteiger partial charge in [0.05, 0.1) is 13.2 Å². The van der Waals surface area contributed by atoms with E-state index < -0.39 is 0 Å². The molecule has 24 heavy (non-hydrogen) atoms. The fourth-order valence-corrected chi connectivity index (χ4v) is 2.89. The number of hydrogen-bond acceptors (Lipinski definition) is 3. The zero-order chi connectivity index (χ0) is 17.4. The van der Waals surface area contributed by atoms with Crippen LogP contribution >= 0.6 is 0 Å². The number of methoxy groups -OCH3 is 1. The summed E-state index contributed by atoms with van der Waals surface area (Å²) in [6.45, 7) is 4.37. The molecule has 2 aromatic carbocycles. The van der Waals surface area contributed by atoms with Crippen molar-refractivity contribution in [3.05, 3.63) is 42.5 Å². The maximum absolute atomic E-state index is 10.0. The van der Waals surface area contributed by atoms with Gasteiger partial charge in [-0.2, -0.15) is 0 Å². The van der Waals surface area contributed by atoms with Crippen molar-refractivity contribution in [1.82, 2.24) is 0 Å². The van der Waals surface area contributed by atoms with E-state index >= 15 is 0 Å². The lowest BCUT2D eigenvalue weighted by atomic mass is 10.0. The molecule has 0 aliphatic heterocycles. The summed E-state index contributed by atoms with van der Waals surface area (Å²) in [5.74, 6) is 1.46. The first kappa shape index (κ1) is 18.2. The Kier molecular flexibility index (Phi) is 6.98. The summed E-state index contributed by atoms with van der Waals surface area (Å²) in [4.78, 5) is 0. The van der Waals surface area contributed by atoms with Crippen LogP contribution in [0.15, 0.2) is 42.5 Å². The molecule has 0 heterocycles. The number of phenolic OH excluding ortho intramolecular Hbond substituents is 1. The molecule has 0 saturated heterocycles. The highest BCUT2D eigenvalue weighted by molar-refractivity contribution is 5.78. The SMILES string of the molecule is CCCCCC(CC)Oc1ccccc1-c1cccc(O)c1OC. The molecule has 0 spiro atoms. The van der Waals surface area contributed by atoms with Crippen LogP contribution < -0.4 is 9.47 Å². The number of hydrogen-bond donors (Lipinski definition) is 1. The second kappa shape index (κ2) is 9.21. The summed E-state index contributed by atoms with van der Waals surface area (Å²) in [6, 6.07) is 13.3. The van der Waals surface area contributed by atoms with Crippen LogP contribution in [0.1, 0.15) is 46.0 Å². The smallest absolute Gasteiger partial charge is 0.168 e. The molecule has 3 heteroatoms. The topological polar surface area (TPSA) is 38.7 Å². The fraction of sp³-hybridized carbons (Fsp3) is 0.429. The lowest BCUT2D eigenvalue weighted by Crippen LogP contribution is -2.15. The van der Waals surface area contributed by atoms with E-state index in [4.69, 9.17) is 9.47 Å². The van der Waals surface area contributed by atoms with Gasteiger partial charge in [-0.15, -0.1) is 0 Å². The van der Waals surface area contributed by atoms with Crippen LogP contribution in [0.5, 0.6) is 17.2 Å². The first-order valence-corrected chi connectivity index (χ1v) is 8.83. The van der Waals surface area contributed by atoms with Crippen LogP contribution in [0.3, 0.4) is 0 Å². The molecule has 0 saturated carbocycles. The molecule has 0 radical (unpaired) electrons. The standard InChI is InChI=1S/C21H28O3/c1-4-6-7-11-16(5-2)24-20-15-9-8-12-17(20)18-13-10-14-19(22)21(18)23-3/h8-10,12-16,22H,4-7,11H2,1-3H3. The van der Waals surface area contributed by atoms with E-state index in [1.54, 1.807) is 13.2 Å². The van der Waals surface area contributed by atoms with Crippen molar-refractivity contribution in [2.24, 2.45) is 0 Å². The van der Waals surface area contributed by atoms with Crippen molar-refractivity contribution in [3.63, 3.8) is 0 Å². The summed E-state index contributed by atoms with van der Waals surface area (Å²) in [5, 5.41) is 10.0. The van der Waals surface area contributed by atoms with E-state index in [1.807, 2.05) is 36.4 Å². The van der Waals surface area contributed by atoms with E-state index in [0.29, 0.717) is 5.75 Å². The minimum atomic E-state index is 0.139. The average Bonchev–Trinajstić information content (AvgIpc) is 2.61. The third-order valence-corrected chi connectivity index (χ3v) is 4.25. The molecule has 0 aliphatic rings. The van der Waals surface area contributed by atoms with Crippen LogP contribution in [0.2, 0.25) is 0 Å². The summed E-state index contributed by atoms with van der Waals surface area (Å²) in [5.41, 5.74) is 1.79. The Hall–Kier alpha value is -2.16. The van der Waals surface area contributed by atoms with Crippen LogP contribution in [-0.2, 0) is 0 Å². The second-order valence-electron chi connectivity index (χ2n) is 6.00. The molecular formula is C21H28O3. The Balaban J connectivity index is 2.29. The van der Waals surface area contributed by atoms with E-state index in [2.05, 4.69) is 13.8 Å². The summed E-state index contributed by atoms with van der Waals surface area (Å²) in [7, 11) is 1.57. The van der Waals surface area contributed by atoms with E-state index in [1.165, 1.54) is 19.3 Å². The summed E-state index contributed by atoms with van der Waals surface area (Å²) in [6.07, 6.45) is 5.90. The Morgan fingerprint density at radius 3 is 2.42 bits per heavy atom. The van der Waals surface area contributed by atoms with Gasteiger partial charge in [0.2, 0.25) is 0 Å². The van der Waals surface area contributed by atoms with Gasteiger partial charge in [0.15, 0.2) is 11.5 Å². The minimum absolute atomic E-state index is 0.139. The first-order valence-electron chi connectivity index (χ1n) is 8.83. The second-order valence-corrected chi connectivity index (χ2v) is 6.00. The minimum Gasteiger partial charge on any atom is -0.504 e. The Morgan fingerprint density at radius 1 is 0.958 bits per heavy atom. The number of rotatable bonds is 9. The Labute approximate surface area is 145 Å². The zero-order valence-electron chi connectivity index (χ0n) is 14.9. The van der Waals surface area contributed by atoms with Gasteiger partial charge in [-0.25, -0.2) is 0 Å². The van der Waals surface area contributed by atoms with Gasteiger partial charge in [-0.3, -0.25) is 0 Å². The van der Waals surface area contributed by atoms with Gasteiger partial charge in [0.25, 0.3) is 0 Å². The lowest BCUT2D eigenvalue weighted by molar-refractivity contribution is 0.183. The van der Waals surface area contributed by atoms with Gasteiger partial charge < -0.3 is 14.6 Å². The van der Waals surface area contributed by atoms with Crippen molar-refractivity contribution in [2.75, 3.05) is 7.11 Å². The van der Waals surface area contributed by atoms with Gasteiger partial charge >= 0.3 is 0 Å². The van der Waals surface area contributed by atoms with Crippen LogP contribution in [0.4, 0.5) is 0 Å². The Bertz CT molecular complexity index is 637. The van der Waals surface area contributed by atoms with Gasteiger partial charge in [-0.05, 0) is 31.4 Å². The van der Waals surface area contributed by atoms with Crippen molar-refractivity contribution >= 4 is 0 Å². The van der Waals surface area contributed by atoms with E-state index in [-0.39, 0.29) is 11.9 Å². The molecule has 0 bridgehead atoms. The van der Waals surface area contributed by atoms with Crippen LogP contribution in [-0.4, -0.2) is 18.3 Å². The Morgan fingerprint density at radius 2 is 1.71 bits per heavy atom. The quantitative estimate of drug-likeness (QED) is 0.591. The predicted octanol–water partition coefficient (Wildman–Crippen LogP) is 5.81. The highest BCUT2D eigenvalue weighted by Gasteiger charge is 2.16. The van der Waals surface area contributed by atoms with Crippen LogP contribution in [0, 0.1) is 0 Å². The monoisotopic (exact) mass is 328 g/mol. The van der Waals surface area contributed by atoms with Gasteiger partial charge in [0, 0.05) is 11.1 Å². The molecule has 0 amide bonds. The first-order chi connectivity index (χ1) is 11.7. The normalized spacial score (nSPS) is 12.0. The molecule has 1 atom stereocenters. The largest absolute Gasteiger partial charge is 0.504 e. The molecule has 2 rings (SSSR count). The lowest BCUT2D eigenvalue weighted by Gasteiger charge is -2.21. The molecule has 0 fully saturated rings. The molecule has 2 aromatic rings. The van der Waals surface area contributed by atoms with Gasteiger partial charge in [-0.1, -0.05) is 57.0 Å². The van der Waals surface area contributed by atoms with Crippen molar-refractivity contribution in [2.45, 2.75) is 52.1 Å². The molecular weight excluding hydrogens is 300 g/mol. The predicted molar refractivity (Wildman–Crippen MR) is 98.9 cm³/mol. The molecule has 0 aromatic heterocycles. The number of aromatic hydroxyl groups is 1. The molecule has 1 unspecified atom stereocenters. The van der Waals surface area contributed by atoms with Crippen LogP contribution in [0.25, 0.3) is 11.1 Å². The third-order valence-electron chi connectivity index (χ3n) is 4.25. The average molecular weight is 328 g/mol. The third kappa shape index (κ3) is 4.44. The van der Waals surface area contributed by atoms with E-state index in [0.717, 1.165) is 29.7 Å². The highest BCUT2D eigenvalue weighted by Crippen LogP contribution is 2.41. The number of phenols is 1. The molecule has 130 valence electrons. The van der Waals surface area contributed by atoms with Crippen molar-refractivity contribution in [1.29, 1.82) is 0 Å². The fourth-order valence-electron chi connectivity index (χ4n) is 2.89.